The number of hydrogen-bond acceptors (Lipinski definition) is 3. The minimum absolute atomic E-state index is 0.0422. The lowest BCUT2D eigenvalue weighted by atomic mass is 9.87. The van der Waals surface area contributed by atoms with Crippen molar-refractivity contribution in [3.63, 3.8) is 0 Å². The van der Waals surface area contributed by atoms with Crippen LogP contribution in [-0.2, 0) is 4.74 Å². The van der Waals surface area contributed by atoms with Gasteiger partial charge in [-0.1, -0.05) is 6.58 Å². The summed E-state index contributed by atoms with van der Waals surface area (Å²) >= 11 is 0. The molecule has 0 aromatic carbocycles. The predicted molar refractivity (Wildman–Crippen MR) is 57.2 cm³/mol. The molecule has 3 nitrogen and oxygen atoms in total. The van der Waals surface area contributed by atoms with Crippen LogP contribution in [0.3, 0.4) is 0 Å². The number of morpholine rings is 1. The summed E-state index contributed by atoms with van der Waals surface area (Å²) < 4.78 is 5.97. The third-order valence-electron chi connectivity index (χ3n) is 3.59. The van der Waals surface area contributed by atoms with E-state index in [0.29, 0.717) is 0 Å². The van der Waals surface area contributed by atoms with Gasteiger partial charge in [0.05, 0.1) is 6.61 Å². The average Bonchev–Trinajstić information content (AvgIpc) is 2.19. The van der Waals surface area contributed by atoms with E-state index >= 15 is 0 Å². The van der Waals surface area contributed by atoms with Crippen LogP contribution in [-0.4, -0.2) is 55.7 Å². The van der Waals surface area contributed by atoms with Gasteiger partial charge in [0.1, 0.15) is 5.60 Å². The standard InChI is InChI=1S/C11H20N2O/c1-10-11(14-9-8-13(10)3)4-6-12(2)7-5-11/h1,4-9H2,2-3H3. The average molecular weight is 196 g/mol. The van der Waals surface area contributed by atoms with Gasteiger partial charge in [0, 0.05) is 32.4 Å². The Morgan fingerprint density at radius 3 is 2.50 bits per heavy atom. The second-order valence-corrected chi connectivity index (χ2v) is 4.51. The number of rotatable bonds is 0. The number of nitrogens with zero attached hydrogens (tertiary/aromatic N) is 2. The molecule has 3 heteroatoms. The molecule has 0 aromatic rings. The maximum Gasteiger partial charge on any atom is 0.110 e. The number of ether oxygens (including phenoxy) is 1. The zero-order chi connectivity index (χ0) is 10.2. The van der Waals surface area contributed by atoms with Gasteiger partial charge in [-0.15, -0.1) is 0 Å². The van der Waals surface area contributed by atoms with Gasteiger partial charge in [-0.3, -0.25) is 0 Å². The number of piperidine rings is 1. The lowest BCUT2D eigenvalue weighted by Crippen LogP contribution is -2.53. The first-order valence-corrected chi connectivity index (χ1v) is 5.37. The van der Waals surface area contributed by atoms with Gasteiger partial charge < -0.3 is 14.5 Å². The molecule has 0 unspecified atom stereocenters. The normalized spacial score (nSPS) is 28.4. The van der Waals surface area contributed by atoms with Crippen LogP contribution >= 0.6 is 0 Å². The monoisotopic (exact) mass is 196 g/mol. The summed E-state index contributed by atoms with van der Waals surface area (Å²) in [6, 6.07) is 0. The van der Waals surface area contributed by atoms with Gasteiger partial charge >= 0.3 is 0 Å². The molecular formula is C11H20N2O. The molecule has 0 radical (unpaired) electrons. The number of likely N-dealkylation sites (tertiary alicyclic amines) is 1. The Balaban J connectivity index is 2.10. The lowest BCUT2D eigenvalue weighted by Gasteiger charge is -2.47. The summed E-state index contributed by atoms with van der Waals surface area (Å²) in [5.74, 6) is 0. The number of hydrogen-bond donors (Lipinski definition) is 0. The predicted octanol–water partition coefficient (Wildman–Crippen LogP) is 0.926. The van der Waals surface area contributed by atoms with E-state index in [2.05, 4.69) is 30.5 Å². The van der Waals surface area contributed by atoms with E-state index in [-0.39, 0.29) is 5.60 Å². The quantitative estimate of drug-likeness (QED) is 0.573. The van der Waals surface area contributed by atoms with Crippen LogP contribution in [0.1, 0.15) is 12.8 Å². The summed E-state index contributed by atoms with van der Waals surface area (Å²) in [5, 5.41) is 0. The van der Waals surface area contributed by atoms with Crippen LogP contribution in [0, 0.1) is 0 Å². The molecule has 0 aliphatic carbocycles. The van der Waals surface area contributed by atoms with E-state index < -0.39 is 0 Å². The van der Waals surface area contributed by atoms with Crippen molar-refractivity contribution in [3.8, 4) is 0 Å². The molecule has 14 heavy (non-hydrogen) atoms. The zero-order valence-corrected chi connectivity index (χ0v) is 9.25. The fourth-order valence-electron chi connectivity index (χ4n) is 2.36. The van der Waals surface area contributed by atoms with Crippen molar-refractivity contribution >= 4 is 0 Å². The smallest absolute Gasteiger partial charge is 0.110 e. The molecule has 2 aliphatic heterocycles. The highest BCUT2D eigenvalue weighted by Gasteiger charge is 2.41. The highest BCUT2D eigenvalue weighted by Crippen LogP contribution is 2.35. The second kappa shape index (κ2) is 3.55. The van der Waals surface area contributed by atoms with E-state index in [0.717, 1.165) is 39.1 Å². The molecule has 0 aromatic heterocycles. The van der Waals surface area contributed by atoms with Crippen LogP contribution in [0.2, 0.25) is 0 Å². The molecule has 1 spiro atoms. The molecule has 2 rings (SSSR count). The van der Waals surface area contributed by atoms with Crippen LogP contribution in [0.15, 0.2) is 12.3 Å². The molecular weight excluding hydrogens is 176 g/mol. The topological polar surface area (TPSA) is 15.7 Å². The number of likely N-dealkylation sites (N-methyl/N-ethyl adjacent to an activating group) is 1. The van der Waals surface area contributed by atoms with Crippen LogP contribution in [0.25, 0.3) is 0 Å². The van der Waals surface area contributed by atoms with E-state index in [9.17, 15) is 0 Å². The van der Waals surface area contributed by atoms with Crippen LogP contribution < -0.4 is 0 Å². The van der Waals surface area contributed by atoms with Gasteiger partial charge in [-0.05, 0) is 19.9 Å². The third kappa shape index (κ3) is 1.55. The van der Waals surface area contributed by atoms with Crippen molar-refractivity contribution in [2.45, 2.75) is 18.4 Å². The molecule has 2 fully saturated rings. The van der Waals surface area contributed by atoms with Crippen molar-refractivity contribution in [2.75, 3.05) is 40.3 Å². The van der Waals surface area contributed by atoms with E-state index in [1.54, 1.807) is 0 Å². The fraction of sp³-hybridized carbons (Fsp3) is 0.818. The minimum atomic E-state index is -0.0422. The molecule has 0 bridgehead atoms. The maximum absolute atomic E-state index is 5.97. The van der Waals surface area contributed by atoms with E-state index in [1.807, 2.05) is 0 Å². The van der Waals surface area contributed by atoms with Gasteiger partial charge in [0.15, 0.2) is 0 Å². The first-order chi connectivity index (χ1) is 6.64. The highest BCUT2D eigenvalue weighted by molar-refractivity contribution is 5.15. The van der Waals surface area contributed by atoms with E-state index in [1.165, 1.54) is 5.70 Å². The van der Waals surface area contributed by atoms with Crippen molar-refractivity contribution in [1.82, 2.24) is 9.80 Å². The second-order valence-electron chi connectivity index (χ2n) is 4.51. The first kappa shape index (κ1) is 9.99. The Labute approximate surface area is 86.3 Å². The van der Waals surface area contributed by atoms with Crippen molar-refractivity contribution in [1.29, 1.82) is 0 Å². The van der Waals surface area contributed by atoms with Crippen LogP contribution in [0.4, 0.5) is 0 Å². The Morgan fingerprint density at radius 2 is 1.86 bits per heavy atom. The summed E-state index contributed by atoms with van der Waals surface area (Å²) in [6.07, 6.45) is 2.18. The maximum atomic E-state index is 5.97. The molecule has 80 valence electrons. The molecule has 2 heterocycles. The van der Waals surface area contributed by atoms with Gasteiger partial charge in [0.25, 0.3) is 0 Å². The molecule has 0 N–H and O–H groups in total. The van der Waals surface area contributed by atoms with Crippen molar-refractivity contribution in [3.05, 3.63) is 12.3 Å². The minimum Gasteiger partial charge on any atom is -0.374 e. The Kier molecular flexibility index (Phi) is 2.54. The lowest BCUT2D eigenvalue weighted by molar-refractivity contribution is -0.0968. The molecule has 0 amide bonds. The molecule has 2 saturated heterocycles. The summed E-state index contributed by atoms with van der Waals surface area (Å²) in [4.78, 5) is 4.60. The Bertz CT molecular complexity index is 231. The zero-order valence-electron chi connectivity index (χ0n) is 9.25. The molecule has 0 saturated carbocycles. The summed E-state index contributed by atoms with van der Waals surface area (Å²) in [7, 11) is 4.28. The van der Waals surface area contributed by atoms with Gasteiger partial charge in [-0.2, -0.15) is 0 Å². The largest absolute Gasteiger partial charge is 0.374 e. The summed E-state index contributed by atoms with van der Waals surface area (Å²) in [5.41, 5.74) is 1.14. The Hall–Kier alpha value is -0.540. The fourth-order valence-corrected chi connectivity index (χ4v) is 2.36. The van der Waals surface area contributed by atoms with Crippen LogP contribution in [0.5, 0.6) is 0 Å². The highest BCUT2D eigenvalue weighted by atomic mass is 16.5. The van der Waals surface area contributed by atoms with Gasteiger partial charge in [0.2, 0.25) is 0 Å². The third-order valence-corrected chi connectivity index (χ3v) is 3.59. The van der Waals surface area contributed by atoms with Crippen molar-refractivity contribution in [2.24, 2.45) is 0 Å². The first-order valence-electron chi connectivity index (χ1n) is 5.37. The van der Waals surface area contributed by atoms with Crippen molar-refractivity contribution < 1.29 is 4.74 Å². The SMILES string of the molecule is C=C1N(C)CCOC12CCN(C)CC2. The Morgan fingerprint density at radius 1 is 1.21 bits per heavy atom. The van der Waals surface area contributed by atoms with Gasteiger partial charge in [-0.25, -0.2) is 0 Å². The molecule has 0 atom stereocenters. The molecule has 2 aliphatic rings. The van der Waals surface area contributed by atoms with E-state index in [4.69, 9.17) is 4.74 Å². The summed E-state index contributed by atoms with van der Waals surface area (Å²) in [6.45, 7) is 8.24.